The fourth-order valence-electron chi connectivity index (χ4n) is 3.32. The zero-order valence-corrected chi connectivity index (χ0v) is 15.6. The van der Waals surface area contributed by atoms with Gasteiger partial charge in [-0.05, 0) is 38.0 Å². The Morgan fingerprint density at radius 3 is 2.58 bits per heavy atom. The van der Waals surface area contributed by atoms with Gasteiger partial charge in [-0.2, -0.15) is 14.3 Å². The molecule has 0 spiro atoms. The first-order valence-corrected chi connectivity index (χ1v) is 10.2. The van der Waals surface area contributed by atoms with Crippen LogP contribution in [0.2, 0.25) is 0 Å². The van der Waals surface area contributed by atoms with Crippen LogP contribution in [0.5, 0.6) is 0 Å². The lowest BCUT2D eigenvalue weighted by Crippen LogP contribution is -2.56. The Bertz CT molecular complexity index is 878. The summed E-state index contributed by atoms with van der Waals surface area (Å²) < 4.78 is 34.5. The smallest absolute Gasteiger partial charge is 0.380 e. The molecule has 0 bridgehead atoms. The van der Waals surface area contributed by atoms with Crippen LogP contribution in [0.4, 0.5) is 4.79 Å². The van der Waals surface area contributed by atoms with Gasteiger partial charge in [0.05, 0.1) is 25.2 Å². The molecule has 4 aliphatic rings. The molecule has 9 heteroatoms. The van der Waals surface area contributed by atoms with Crippen LogP contribution in [0, 0.1) is 11.8 Å². The number of imide groups is 1. The van der Waals surface area contributed by atoms with Gasteiger partial charge in [-0.15, -0.1) is 0 Å². The van der Waals surface area contributed by atoms with E-state index in [0.29, 0.717) is 25.5 Å². The second kappa shape index (κ2) is 5.83. The number of urea groups is 1. The molecular formula is C17H22N3O5S+. The van der Waals surface area contributed by atoms with Gasteiger partial charge in [0.15, 0.2) is 0 Å². The summed E-state index contributed by atoms with van der Waals surface area (Å²) >= 11 is 0. The number of nitrogens with one attached hydrogen (secondary N) is 1. The zero-order chi connectivity index (χ0) is 18.7. The normalized spacial score (nSPS) is 28.0. The quantitative estimate of drug-likeness (QED) is 0.689. The highest BCUT2D eigenvalue weighted by molar-refractivity contribution is 7.93. The molecule has 2 heterocycles. The van der Waals surface area contributed by atoms with Crippen LogP contribution in [0.25, 0.3) is 0 Å². The lowest BCUT2D eigenvalue weighted by Gasteiger charge is -2.31. The summed E-state index contributed by atoms with van der Waals surface area (Å²) in [5.74, 6) is -1.02. The van der Waals surface area contributed by atoms with E-state index in [4.69, 9.17) is 4.74 Å². The first-order valence-electron chi connectivity index (χ1n) is 8.68. The molecule has 2 aliphatic heterocycles. The summed E-state index contributed by atoms with van der Waals surface area (Å²) in [7, 11) is -2.10. The fraction of sp³-hybridized carbons (Fsp3) is 0.588. The van der Waals surface area contributed by atoms with E-state index in [1.165, 1.54) is 21.6 Å². The van der Waals surface area contributed by atoms with Crippen LogP contribution < -0.4 is 4.72 Å². The molecule has 0 radical (unpaired) electrons. The molecule has 1 N–H and O–H groups in total. The Morgan fingerprint density at radius 2 is 2.00 bits per heavy atom. The minimum absolute atomic E-state index is 0.0717. The van der Waals surface area contributed by atoms with E-state index in [2.05, 4.69) is 4.72 Å². The van der Waals surface area contributed by atoms with Crippen molar-refractivity contribution in [2.24, 2.45) is 11.8 Å². The van der Waals surface area contributed by atoms with Crippen LogP contribution in [0.15, 0.2) is 23.1 Å². The molecule has 0 aromatic carbocycles. The second-order valence-electron chi connectivity index (χ2n) is 7.66. The molecule has 1 saturated carbocycles. The van der Waals surface area contributed by atoms with Gasteiger partial charge in [-0.1, -0.05) is 0 Å². The Morgan fingerprint density at radius 1 is 1.31 bits per heavy atom. The average Bonchev–Trinajstić information content (AvgIpc) is 3.26. The molecule has 0 aromatic heterocycles. The van der Waals surface area contributed by atoms with Crippen molar-refractivity contribution in [1.82, 2.24) is 9.62 Å². The summed E-state index contributed by atoms with van der Waals surface area (Å²) in [4.78, 5) is 26.7. The van der Waals surface area contributed by atoms with Crippen LogP contribution in [0.3, 0.4) is 0 Å². The molecule has 1 atom stereocenters. The molecule has 2 aliphatic carbocycles. The predicted molar refractivity (Wildman–Crippen MR) is 93.0 cm³/mol. The summed E-state index contributed by atoms with van der Waals surface area (Å²) in [5, 5.41) is 0. The molecule has 140 valence electrons. The van der Waals surface area contributed by atoms with Gasteiger partial charge in [-0.25, -0.2) is 17.9 Å². The van der Waals surface area contributed by atoms with Crippen molar-refractivity contribution in [3.63, 3.8) is 0 Å². The number of hydrogen-bond donors (Lipinski definition) is 1. The van der Waals surface area contributed by atoms with Crippen LogP contribution >= 0.6 is 0 Å². The number of hydrogen-bond acceptors (Lipinski definition) is 5. The monoisotopic (exact) mass is 380 g/mol. The number of ether oxygens (including phenoxy) is 1. The summed E-state index contributed by atoms with van der Waals surface area (Å²) in [6.45, 7) is 3.21. The van der Waals surface area contributed by atoms with Gasteiger partial charge in [-0.3, -0.25) is 0 Å². The van der Waals surface area contributed by atoms with Gasteiger partial charge in [0.25, 0.3) is 0 Å². The number of fused-ring (bicyclic) bond motifs is 1. The van der Waals surface area contributed by atoms with E-state index >= 15 is 0 Å². The van der Waals surface area contributed by atoms with Crippen molar-refractivity contribution in [2.75, 3.05) is 26.8 Å². The van der Waals surface area contributed by atoms with Gasteiger partial charge < -0.3 is 4.74 Å². The van der Waals surface area contributed by atoms with Gasteiger partial charge in [0, 0.05) is 11.5 Å². The number of sulfonamides is 1. The van der Waals surface area contributed by atoms with Crippen LogP contribution in [-0.2, 0) is 19.6 Å². The maximum atomic E-state index is 12.9. The first kappa shape index (κ1) is 17.6. The molecule has 4 rings (SSSR count). The summed E-state index contributed by atoms with van der Waals surface area (Å²) in [6.07, 6.45) is 6.05. The molecule has 0 aromatic rings. The first-order chi connectivity index (χ1) is 12.2. The lowest BCUT2D eigenvalue weighted by molar-refractivity contribution is -0.406. The van der Waals surface area contributed by atoms with E-state index in [0.717, 1.165) is 12.8 Å². The van der Waals surface area contributed by atoms with Crippen molar-refractivity contribution >= 4 is 27.7 Å². The maximum absolute atomic E-state index is 12.9. The number of amides is 3. The standard InChI is InChI=1S/C17H22N3O5S/c1-17(5-6-17)18-26(23,24)12-3-4-14-13(7-12)15(21)20(16(22)19(14)2)8-11-9-25-10-11/h3-4,7,11,13,18H,5-6,8-10H2,1-2H3/q+1. The molecular weight excluding hydrogens is 358 g/mol. The SMILES string of the molecule is C[N+]1=C2C=CC(S(=O)(=O)NC3(C)CC3)=CC2C(=O)N(CC2COC2)C1=O. The van der Waals surface area contributed by atoms with E-state index < -0.39 is 21.5 Å². The highest BCUT2D eigenvalue weighted by Crippen LogP contribution is 2.36. The van der Waals surface area contributed by atoms with E-state index in [-0.39, 0.29) is 22.8 Å². The van der Waals surface area contributed by atoms with Crippen LogP contribution in [0.1, 0.15) is 19.8 Å². The second-order valence-corrected chi connectivity index (χ2v) is 9.35. The summed E-state index contributed by atoms with van der Waals surface area (Å²) in [5.41, 5.74) is 0.106. The lowest BCUT2D eigenvalue weighted by atomic mass is 9.94. The van der Waals surface area contributed by atoms with E-state index in [1.54, 1.807) is 13.1 Å². The molecule has 1 saturated heterocycles. The van der Waals surface area contributed by atoms with Crippen molar-refractivity contribution < 1.29 is 27.3 Å². The fourth-order valence-corrected chi connectivity index (χ4v) is 4.85. The number of allylic oxidation sites excluding steroid dienone is 2. The van der Waals surface area contributed by atoms with Crippen molar-refractivity contribution in [3.8, 4) is 0 Å². The van der Waals surface area contributed by atoms with Crippen molar-refractivity contribution in [1.29, 1.82) is 0 Å². The largest absolute Gasteiger partial charge is 0.500 e. The Kier molecular flexibility index (Phi) is 3.94. The Labute approximate surface area is 152 Å². The molecule has 26 heavy (non-hydrogen) atoms. The van der Waals surface area contributed by atoms with Gasteiger partial charge in [0.2, 0.25) is 10.0 Å². The summed E-state index contributed by atoms with van der Waals surface area (Å²) in [6, 6.07) is -0.388. The van der Waals surface area contributed by atoms with Crippen molar-refractivity contribution in [2.45, 2.75) is 25.3 Å². The number of carbonyl (C=O) groups is 2. The van der Waals surface area contributed by atoms with Gasteiger partial charge in [0.1, 0.15) is 18.2 Å². The predicted octanol–water partition coefficient (Wildman–Crippen LogP) is 0.220. The minimum atomic E-state index is -3.70. The van der Waals surface area contributed by atoms with Crippen molar-refractivity contribution in [3.05, 3.63) is 23.1 Å². The third-order valence-corrected chi connectivity index (χ3v) is 7.00. The Balaban J connectivity index is 1.64. The molecule has 1 unspecified atom stereocenters. The number of rotatable bonds is 5. The Hall–Kier alpha value is -1.84. The molecule has 8 nitrogen and oxygen atoms in total. The molecule has 2 fully saturated rings. The average molecular weight is 380 g/mol. The molecule has 3 amide bonds. The number of nitrogens with zero attached hydrogens (tertiary/aromatic N) is 2. The third-order valence-electron chi connectivity index (χ3n) is 5.34. The van der Waals surface area contributed by atoms with E-state index in [1.807, 2.05) is 6.92 Å². The third kappa shape index (κ3) is 2.93. The topological polar surface area (TPSA) is 95.8 Å². The highest BCUT2D eigenvalue weighted by Gasteiger charge is 2.49. The van der Waals surface area contributed by atoms with Gasteiger partial charge >= 0.3 is 11.9 Å². The van der Waals surface area contributed by atoms with Crippen LogP contribution in [-0.4, -0.2) is 67.9 Å². The van der Waals surface area contributed by atoms with E-state index in [9.17, 15) is 18.0 Å². The zero-order valence-electron chi connectivity index (χ0n) is 14.8. The number of carbonyl (C=O) groups excluding carboxylic acids is 2. The minimum Gasteiger partial charge on any atom is -0.380 e. The highest BCUT2D eigenvalue weighted by atomic mass is 32.2. The maximum Gasteiger partial charge on any atom is 0.500 e.